The first-order valence-electron chi connectivity index (χ1n) is 12.0. The van der Waals surface area contributed by atoms with Gasteiger partial charge in [-0.1, -0.05) is 54.6 Å². The molecular weight excluding hydrogens is 488 g/mol. The highest BCUT2D eigenvalue weighted by atomic mass is 16.5. The summed E-state index contributed by atoms with van der Waals surface area (Å²) < 4.78 is 7.48. The summed E-state index contributed by atoms with van der Waals surface area (Å²) in [4.78, 5) is 48.3. The van der Waals surface area contributed by atoms with Crippen molar-refractivity contribution in [3.05, 3.63) is 91.9 Å². The lowest BCUT2D eigenvalue weighted by molar-refractivity contribution is -0.139. The van der Waals surface area contributed by atoms with Crippen molar-refractivity contribution in [3.8, 4) is 16.9 Å². The van der Waals surface area contributed by atoms with E-state index < -0.39 is 29.4 Å². The SMILES string of the molecule is Cc1c(N)c2c(OCC(=O)O)c(CCC(=O)O)c3c(=O)c(=O)c3c2n1Cc1ccccc1-c1ccccc1. The van der Waals surface area contributed by atoms with Crippen LogP contribution in [0.2, 0.25) is 0 Å². The molecule has 9 nitrogen and oxygen atoms in total. The van der Waals surface area contributed by atoms with E-state index in [9.17, 15) is 29.4 Å². The number of nitrogen functional groups attached to an aromatic ring is 1. The van der Waals surface area contributed by atoms with Crippen molar-refractivity contribution in [1.29, 1.82) is 0 Å². The number of carboxylic acids is 2. The highest BCUT2D eigenvalue weighted by molar-refractivity contribution is 6.17. The molecule has 0 radical (unpaired) electrons. The summed E-state index contributed by atoms with van der Waals surface area (Å²) in [6.45, 7) is 1.36. The predicted molar refractivity (Wildman–Crippen MR) is 144 cm³/mol. The molecule has 0 saturated heterocycles. The molecule has 4 aromatic carbocycles. The molecule has 1 heterocycles. The number of benzene rings is 3. The topological polar surface area (TPSA) is 149 Å². The lowest BCUT2D eigenvalue weighted by Gasteiger charge is -2.18. The van der Waals surface area contributed by atoms with Crippen LogP contribution in [0.25, 0.3) is 32.8 Å². The van der Waals surface area contributed by atoms with E-state index in [0.717, 1.165) is 16.7 Å². The van der Waals surface area contributed by atoms with Gasteiger partial charge in [0.2, 0.25) is 10.9 Å². The standard InChI is InChI=1S/C29H24N2O7/c1-15-25(30)24-26(31(15)13-17-9-5-6-10-18(17)16-7-3-2-4-8-16)23-22(27(36)28(23)37)19(11-12-20(32)33)29(24)38-14-21(34)35/h2-10H,11-14,30H2,1H3,(H,32,33)(H,34,35). The molecule has 0 saturated carbocycles. The molecule has 0 amide bonds. The number of anilines is 1. The van der Waals surface area contributed by atoms with Crippen molar-refractivity contribution < 1.29 is 24.5 Å². The zero-order valence-corrected chi connectivity index (χ0v) is 20.5. The summed E-state index contributed by atoms with van der Waals surface area (Å²) in [7, 11) is 0. The fraction of sp³-hybridized carbons (Fsp3) is 0.172. The van der Waals surface area contributed by atoms with Gasteiger partial charge in [0.1, 0.15) is 5.75 Å². The fourth-order valence-electron chi connectivity index (χ4n) is 5.11. The Kier molecular flexibility index (Phi) is 6.20. The Labute approximate surface area is 216 Å². The van der Waals surface area contributed by atoms with Gasteiger partial charge in [-0.15, -0.1) is 0 Å². The van der Waals surface area contributed by atoms with Gasteiger partial charge >= 0.3 is 11.9 Å². The number of hydrogen-bond acceptors (Lipinski definition) is 6. The first-order chi connectivity index (χ1) is 18.2. The van der Waals surface area contributed by atoms with E-state index in [-0.39, 0.29) is 40.6 Å². The monoisotopic (exact) mass is 512 g/mol. The lowest BCUT2D eigenvalue weighted by atomic mass is 9.92. The van der Waals surface area contributed by atoms with Crippen molar-refractivity contribution in [3.63, 3.8) is 0 Å². The third-order valence-electron chi connectivity index (χ3n) is 6.88. The zero-order valence-electron chi connectivity index (χ0n) is 20.5. The van der Waals surface area contributed by atoms with E-state index in [4.69, 9.17) is 10.5 Å². The van der Waals surface area contributed by atoms with Gasteiger partial charge < -0.3 is 25.3 Å². The maximum atomic E-state index is 12.9. The van der Waals surface area contributed by atoms with E-state index in [1.807, 2.05) is 59.2 Å². The molecule has 0 aliphatic heterocycles. The molecule has 192 valence electrons. The Morgan fingerprint density at radius 3 is 2.24 bits per heavy atom. The quantitative estimate of drug-likeness (QED) is 0.254. The molecule has 1 aromatic heterocycles. The number of hydrogen-bond donors (Lipinski definition) is 3. The van der Waals surface area contributed by atoms with Crippen LogP contribution in [0.3, 0.4) is 0 Å². The number of nitrogens with zero attached hydrogens (tertiary/aromatic N) is 1. The van der Waals surface area contributed by atoms with Gasteiger partial charge in [0, 0.05) is 29.6 Å². The number of carbonyl (C=O) groups is 2. The Morgan fingerprint density at radius 1 is 0.895 bits per heavy atom. The Hall–Kier alpha value is -4.92. The molecule has 0 atom stereocenters. The largest absolute Gasteiger partial charge is 0.481 e. The van der Waals surface area contributed by atoms with Crippen LogP contribution in [0.15, 0.2) is 64.2 Å². The summed E-state index contributed by atoms with van der Waals surface area (Å²) in [5.74, 6) is -2.33. The maximum absolute atomic E-state index is 12.9. The van der Waals surface area contributed by atoms with Crippen LogP contribution in [0.1, 0.15) is 23.2 Å². The van der Waals surface area contributed by atoms with E-state index in [1.54, 1.807) is 6.92 Å². The van der Waals surface area contributed by atoms with Gasteiger partial charge in [0.15, 0.2) is 6.61 Å². The minimum absolute atomic E-state index is 0.0268. The summed E-state index contributed by atoms with van der Waals surface area (Å²) >= 11 is 0. The minimum atomic E-state index is -1.25. The van der Waals surface area contributed by atoms with E-state index in [2.05, 4.69) is 0 Å². The van der Waals surface area contributed by atoms with Crippen LogP contribution < -0.4 is 21.3 Å². The first kappa shape index (κ1) is 24.8. The fourth-order valence-corrected chi connectivity index (χ4v) is 5.11. The molecule has 0 aliphatic rings. The number of aryl methyl sites for hydroxylation is 1. The number of nitrogens with two attached hydrogens (primary N) is 1. The number of aromatic nitrogens is 1. The van der Waals surface area contributed by atoms with Crippen molar-refractivity contribution in [2.75, 3.05) is 12.3 Å². The van der Waals surface area contributed by atoms with Crippen LogP contribution in [0.5, 0.6) is 5.75 Å². The number of fused-ring (bicyclic) bond motifs is 3. The van der Waals surface area contributed by atoms with Crippen molar-refractivity contribution in [1.82, 2.24) is 4.57 Å². The molecule has 5 aromatic rings. The molecule has 38 heavy (non-hydrogen) atoms. The van der Waals surface area contributed by atoms with Crippen molar-refractivity contribution in [2.24, 2.45) is 0 Å². The van der Waals surface area contributed by atoms with Gasteiger partial charge in [-0.25, -0.2) is 4.79 Å². The van der Waals surface area contributed by atoms with E-state index in [1.165, 1.54) is 0 Å². The molecule has 0 spiro atoms. The van der Waals surface area contributed by atoms with Crippen molar-refractivity contribution in [2.45, 2.75) is 26.3 Å². The average molecular weight is 513 g/mol. The highest BCUT2D eigenvalue weighted by Crippen LogP contribution is 2.44. The molecule has 4 N–H and O–H groups in total. The average Bonchev–Trinajstić information content (AvgIpc) is 3.15. The van der Waals surface area contributed by atoms with Crippen LogP contribution in [0, 0.1) is 6.92 Å². The van der Waals surface area contributed by atoms with Crippen LogP contribution in [0.4, 0.5) is 5.69 Å². The van der Waals surface area contributed by atoms with Crippen LogP contribution in [-0.4, -0.2) is 33.3 Å². The van der Waals surface area contributed by atoms with Gasteiger partial charge in [-0.05, 0) is 30.0 Å². The molecule has 0 bridgehead atoms. The normalized spacial score (nSPS) is 11.4. The molecule has 0 fully saturated rings. The summed E-state index contributed by atoms with van der Waals surface area (Å²) in [6.07, 6.45) is -0.463. The Balaban J connectivity index is 1.79. The van der Waals surface area contributed by atoms with Gasteiger partial charge in [-0.2, -0.15) is 0 Å². The predicted octanol–water partition coefficient (Wildman–Crippen LogP) is 3.48. The number of aliphatic carboxylic acids is 2. The second-order valence-corrected chi connectivity index (χ2v) is 9.12. The van der Waals surface area contributed by atoms with Crippen molar-refractivity contribution >= 4 is 39.3 Å². The molecule has 0 aliphatic carbocycles. The number of carboxylic acid groups (broad SMARTS) is 2. The molecular formula is C29H24N2O7. The summed E-state index contributed by atoms with van der Waals surface area (Å²) in [6, 6.07) is 17.6. The molecule has 5 rings (SSSR count). The highest BCUT2D eigenvalue weighted by Gasteiger charge is 2.30. The summed E-state index contributed by atoms with van der Waals surface area (Å²) in [5, 5.41) is 19.1. The van der Waals surface area contributed by atoms with E-state index in [0.29, 0.717) is 23.1 Å². The Morgan fingerprint density at radius 2 is 1.55 bits per heavy atom. The second-order valence-electron chi connectivity index (χ2n) is 9.12. The second kappa shape index (κ2) is 9.51. The van der Waals surface area contributed by atoms with Crippen LogP contribution >= 0.6 is 0 Å². The first-order valence-corrected chi connectivity index (χ1v) is 12.0. The minimum Gasteiger partial charge on any atom is -0.481 e. The smallest absolute Gasteiger partial charge is 0.341 e. The zero-order chi connectivity index (χ0) is 27.1. The van der Waals surface area contributed by atoms with Crippen LogP contribution in [-0.2, 0) is 22.6 Å². The molecule has 0 unspecified atom stereocenters. The summed E-state index contributed by atoms with van der Waals surface area (Å²) in [5.41, 5.74) is 9.45. The van der Waals surface area contributed by atoms with E-state index >= 15 is 0 Å². The third kappa shape index (κ3) is 3.98. The molecule has 9 heteroatoms. The number of ether oxygens (including phenoxy) is 1. The third-order valence-corrected chi connectivity index (χ3v) is 6.88. The Bertz CT molecular complexity index is 1810. The number of rotatable bonds is 9. The van der Waals surface area contributed by atoms with Gasteiger partial charge in [0.25, 0.3) is 0 Å². The van der Waals surface area contributed by atoms with Gasteiger partial charge in [-0.3, -0.25) is 14.4 Å². The van der Waals surface area contributed by atoms with Gasteiger partial charge in [0.05, 0.1) is 22.0 Å². The maximum Gasteiger partial charge on any atom is 0.341 e. The lowest BCUT2D eigenvalue weighted by Crippen LogP contribution is -2.33.